The van der Waals surface area contributed by atoms with E-state index in [0.29, 0.717) is 12.2 Å². The van der Waals surface area contributed by atoms with Crippen molar-refractivity contribution in [3.05, 3.63) is 35.9 Å². The largest absolute Gasteiger partial charge is 0.352 e. The van der Waals surface area contributed by atoms with Crippen molar-refractivity contribution < 1.29 is 14.3 Å². The number of ether oxygens (including phenoxy) is 2. The highest BCUT2D eigenvalue weighted by atomic mass is 16.7. The molecule has 0 radical (unpaired) electrons. The third-order valence-electron chi connectivity index (χ3n) is 1.97. The molecule has 0 spiro atoms. The van der Waals surface area contributed by atoms with Crippen LogP contribution in [0.3, 0.4) is 0 Å². The Balaban J connectivity index is 2.13. The van der Waals surface area contributed by atoms with Crippen LogP contribution in [0.4, 0.5) is 0 Å². The molecule has 1 heterocycles. The van der Waals surface area contributed by atoms with Gasteiger partial charge in [-0.2, -0.15) is 0 Å². The van der Waals surface area contributed by atoms with Gasteiger partial charge in [-0.25, -0.2) is 0 Å². The van der Waals surface area contributed by atoms with Crippen LogP contribution in [0.2, 0.25) is 0 Å². The summed E-state index contributed by atoms with van der Waals surface area (Å²) >= 11 is 0. The second kappa shape index (κ2) is 3.68. The Morgan fingerprint density at radius 2 is 2.08 bits per heavy atom. The summed E-state index contributed by atoms with van der Waals surface area (Å²) < 4.78 is 10.1. The molecule has 3 nitrogen and oxygen atoms in total. The minimum atomic E-state index is -0.414. The first kappa shape index (κ1) is 8.41. The summed E-state index contributed by atoms with van der Waals surface area (Å²) in [6.45, 7) is 0.594. The molecule has 1 aromatic carbocycles. The predicted molar refractivity (Wildman–Crippen MR) is 46.5 cm³/mol. The van der Waals surface area contributed by atoms with Crippen LogP contribution in [0, 0.1) is 0 Å². The number of carbonyl (C=O) groups is 1. The number of ketones is 1. The number of hydrogen-bond acceptors (Lipinski definition) is 3. The monoisotopic (exact) mass is 178 g/mol. The Morgan fingerprint density at radius 1 is 1.31 bits per heavy atom. The lowest BCUT2D eigenvalue weighted by molar-refractivity contribution is 0.0416. The summed E-state index contributed by atoms with van der Waals surface area (Å²) in [6.07, 6.45) is -0.414. The van der Waals surface area contributed by atoms with E-state index in [9.17, 15) is 4.79 Å². The normalized spacial score (nSPS) is 21.7. The van der Waals surface area contributed by atoms with Crippen LogP contribution in [0.5, 0.6) is 0 Å². The van der Waals surface area contributed by atoms with Crippen molar-refractivity contribution in [2.75, 3.05) is 13.4 Å². The third kappa shape index (κ3) is 1.76. The lowest BCUT2D eigenvalue weighted by Gasteiger charge is -2.05. The Kier molecular flexibility index (Phi) is 2.38. The van der Waals surface area contributed by atoms with E-state index in [1.54, 1.807) is 12.1 Å². The first-order chi connectivity index (χ1) is 6.38. The number of carbonyl (C=O) groups excluding carboxylic acids is 1. The molecule has 1 atom stereocenters. The highest BCUT2D eigenvalue weighted by molar-refractivity contribution is 5.99. The third-order valence-corrected chi connectivity index (χ3v) is 1.97. The van der Waals surface area contributed by atoms with Crippen LogP contribution >= 0.6 is 0 Å². The molecule has 0 aromatic heterocycles. The highest BCUT2D eigenvalue weighted by Gasteiger charge is 2.24. The highest BCUT2D eigenvalue weighted by Crippen LogP contribution is 2.10. The molecular weight excluding hydrogens is 168 g/mol. The van der Waals surface area contributed by atoms with E-state index in [-0.39, 0.29) is 12.6 Å². The minimum Gasteiger partial charge on any atom is -0.352 e. The van der Waals surface area contributed by atoms with E-state index in [1.807, 2.05) is 18.2 Å². The van der Waals surface area contributed by atoms with Crippen LogP contribution in [0.15, 0.2) is 30.3 Å². The molecule has 1 fully saturated rings. The SMILES string of the molecule is O=C(c1ccccc1)C1COCO1. The Morgan fingerprint density at radius 3 is 2.69 bits per heavy atom. The Hall–Kier alpha value is -1.19. The summed E-state index contributed by atoms with van der Waals surface area (Å²) in [5, 5.41) is 0. The van der Waals surface area contributed by atoms with Gasteiger partial charge in [0.05, 0.1) is 6.61 Å². The summed E-state index contributed by atoms with van der Waals surface area (Å²) in [5.74, 6) is -0.00176. The molecule has 0 aliphatic carbocycles. The van der Waals surface area contributed by atoms with Gasteiger partial charge in [-0.05, 0) is 0 Å². The van der Waals surface area contributed by atoms with E-state index >= 15 is 0 Å². The van der Waals surface area contributed by atoms with Gasteiger partial charge in [-0.1, -0.05) is 30.3 Å². The molecule has 0 amide bonds. The molecule has 1 aliphatic rings. The molecule has 68 valence electrons. The van der Waals surface area contributed by atoms with Gasteiger partial charge >= 0.3 is 0 Å². The van der Waals surface area contributed by atoms with Crippen molar-refractivity contribution in [3.63, 3.8) is 0 Å². The van der Waals surface area contributed by atoms with Gasteiger partial charge < -0.3 is 9.47 Å². The molecule has 1 unspecified atom stereocenters. The maximum Gasteiger partial charge on any atom is 0.194 e. The van der Waals surface area contributed by atoms with Crippen molar-refractivity contribution in [2.24, 2.45) is 0 Å². The summed E-state index contributed by atoms with van der Waals surface area (Å²) in [7, 11) is 0. The minimum absolute atomic E-state index is 0.00176. The summed E-state index contributed by atoms with van der Waals surface area (Å²) in [5.41, 5.74) is 0.679. The first-order valence-electron chi connectivity index (χ1n) is 4.16. The Bertz CT molecular complexity index is 288. The van der Waals surface area contributed by atoms with Crippen LogP contribution in [-0.2, 0) is 9.47 Å². The quantitative estimate of drug-likeness (QED) is 0.639. The van der Waals surface area contributed by atoms with Crippen molar-refractivity contribution in [1.29, 1.82) is 0 Å². The number of benzene rings is 1. The molecule has 0 bridgehead atoms. The molecule has 1 aliphatic heterocycles. The van der Waals surface area contributed by atoms with Crippen LogP contribution in [-0.4, -0.2) is 25.3 Å². The number of hydrogen-bond donors (Lipinski definition) is 0. The number of Topliss-reactive ketones (excluding diaryl/α,β-unsaturated/α-hetero) is 1. The topological polar surface area (TPSA) is 35.5 Å². The zero-order valence-corrected chi connectivity index (χ0v) is 7.10. The van der Waals surface area contributed by atoms with Gasteiger partial charge in [-0.3, -0.25) is 4.79 Å². The maximum atomic E-state index is 11.6. The molecular formula is C10H10O3. The fraction of sp³-hybridized carbons (Fsp3) is 0.300. The molecule has 0 saturated carbocycles. The van der Waals surface area contributed by atoms with Crippen molar-refractivity contribution >= 4 is 5.78 Å². The molecule has 3 heteroatoms. The van der Waals surface area contributed by atoms with Crippen molar-refractivity contribution in [1.82, 2.24) is 0 Å². The van der Waals surface area contributed by atoms with Gasteiger partial charge in [-0.15, -0.1) is 0 Å². The zero-order valence-electron chi connectivity index (χ0n) is 7.10. The van der Waals surface area contributed by atoms with Gasteiger partial charge in [0.25, 0.3) is 0 Å². The average molecular weight is 178 g/mol. The maximum absolute atomic E-state index is 11.6. The summed E-state index contributed by atoms with van der Waals surface area (Å²) in [4.78, 5) is 11.6. The smallest absolute Gasteiger partial charge is 0.194 e. The van der Waals surface area contributed by atoms with Crippen LogP contribution in [0.25, 0.3) is 0 Å². The van der Waals surface area contributed by atoms with Gasteiger partial charge in [0, 0.05) is 5.56 Å². The zero-order chi connectivity index (χ0) is 9.10. The van der Waals surface area contributed by atoms with E-state index in [4.69, 9.17) is 9.47 Å². The average Bonchev–Trinajstić information content (AvgIpc) is 2.71. The molecule has 1 aromatic rings. The number of rotatable bonds is 2. The van der Waals surface area contributed by atoms with E-state index in [0.717, 1.165) is 0 Å². The van der Waals surface area contributed by atoms with Gasteiger partial charge in [0.1, 0.15) is 12.9 Å². The van der Waals surface area contributed by atoms with E-state index in [2.05, 4.69) is 0 Å². The van der Waals surface area contributed by atoms with Crippen molar-refractivity contribution in [2.45, 2.75) is 6.10 Å². The fourth-order valence-corrected chi connectivity index (χ4v) is 1.27. The molecule has 13 heavy (non-hydrogen) atoms. The lowest BCUT2D eigenvalue weighted by atomic mass is 10.1. The van der Waals surface area contributed by atoms with Gasteiger partial charge in [0.15, 0.2) is 5.78 Å². The van der Waals surface area contributed by atoms with Gasteiger partial charge in [0.2, 0.25) is 0 Å². The second-order valence-electron chi connectivity index (χ2n) is 2.87. The molecule has 1 saturated heterocycles. The van der Waals surface area contributed by atoms with Crippen LogP contribution in [0.1, 0.15) is 10.4 Å². The standard InChI is InChI=1S/C10H10O3/c11-10(9-6-12-7-13-9)8-4-2-1-3-5-8/h1-5,9H,6-7H2. The molecule has 2 rings (SSSR count). The molecule has 0 N–H and O–H groups in total. The first-order valence-corrected chi connectivity index (χ1v) is 4.16. The predicted octanol–water partition coefficient (Wildman–Crippen LogP) is 1.24. The second-order valence-corrected chi connectivity index (χ2v) is 2.87. The lowest BCUT2D eigenvalue weighted by Crippen LogP contribution is -2.22. The van der Waals surface area contributed by atoms with E-state index in [1.165, 1.54) is 0 Å². The van der Waals surface area contributed by atoms with Crippen molar-refractivity contribution in [3.8, 4) is 0 Å². The Labute approximate surface area is 76.3 Å². The summed E-state index contributed by atoms with van der Waals surface area (Å²) in [6, 6.07) is 9.11. The van der Waals surface area contributed by atoms with Crippen LogP contribution < -0.4 is 0 Å². The fourth-order valence-electron chi connectivity index (χ4n) is 1.27. The van der Waals surface area contributed by atoms with E-state index < -0.39 is 6.10 Å².